The van der Waals surface area contributed by atoms with Gasteiger partial charge in [-0.3, -0.25) is 9.48 Å². The van der Waals surface area contributed by atoms with Crippen molar-refractivity contribution in [1.29, 1.82) is 0 Å². The zero-order valence-corrected chi connectivity index (χ0v) is 18.7. The number of nitrogens with zero attached hydrogens (tertiary/aromatic N) is 4. The Bertz CT molecular complexity index is 1000. The Morgan fingerprint density at radius 1 is 1.28 bits per heavy atom. The quantitative estimate of drug-likeness (QED) is 0.741. The summed E-state index contributed by atoms with van der Waals surface area (Å²) in [7, 11) is -3.02. The molecule has 160 valence electrons. The Balaban J connectivity index is 1.66. The fourth-order valence-electron chi connectivity index (χ4n) is 3.92. The van der Waals surface area contributed by atoms with Gasteiger partial charge in [-0.1, -0.05) is 13.8 Å². The number of hydrogen-bond donors (Lipinski definition) is 1. The Kier molecular flexibility index (Phi) is 6.16. The Morgan fingerprint density at radius 2 is 2.00 bits per heavy atom. The number of hydrogen-bond acceptors (Lipinski definition) is 5. The molecular formula is C20H31N5O3S. The van der Waals surface area contributed by atoms with Gasteiger partial charge in [0.15, 0.2) is 9.84 Å². The minimum absolute atomic E-state index is 0.0738. The standard InChI is InChI=1S/C20H31N5O3S/c1-13(2)11-24-16(5)18(15(4)23-24)6-7-20(26)21-19-10-14(3)22-25(19)17-8-9-29(27,28)12-17/h10,13,17H,6-9,11-12H2,1-5H3,(H,21,26). The number of carbonyl (C=O) groups is 1. The van der Waals surface area contributed by atoms with Gasteiger partial charge in [0.05, 0.1) is 28.9 Å². The van der Waals surface area contributed by atoms with Crippen molar-refractivity contribution in [2.45, 2.75) is 66.5 Å². The summed E-state index contributed by atoms with van der Waals surface area (Å²) in [5.41, 5.74) is 3.95. The van der Waals surface area contributed by atoms with Gasteiger partial charge in [0.2, 0.25) is 5.91 Å². The van der Waals surface area contributed by atoms with Crippen LogP contribution in [0.4, 0.5) is 5.82 Å². The molecule has 2 aromatic heterocycles. The van der Waals surface area contributed by atoms with Crippen LogP contribution in [0.15, 0.2) is 6.07 Å². The van der Waals surface area contributed by atoms with E-state index in [0.29, 0.717) is 31.0 Å². The summed E-state index contributed by atoms with van der Waals surface area (Å²) < 4.78 is 27.3. The van der Waals surface area contributed by atoms with Gasteiger partial charge in [-0.25, -0.2) is 13.1 Å². The molecule has 1 amide bonds. The van der Waals surface area contributed by atoms with Crippen LogP contribution in [-0.2, 0) is 27.6 Å². The van der Waals surface area contributed by atoms with E-state index < -0.39 is 9.84 Å². The number of sulfone groups is 1. The minimum Gasteiger partial charge on any atom is -0.311 e. The number of rotatable bonds is 7. The molecule has 0 aliphatic carbocycles. The number of aromatic nitrogens is 4. The summed E-state index contributed by atoms with van der Waals surface area (Å²) in [5.74, 6) is 1.21. The van der Waals surface area contributed by atoms with E-state index in [1.165, 1.54) is 0 Å². The van der Waals surface area contributed by atoms with Crippen LogP contribution in [0.5, 0.6) is 0 Å². The van der Waals surface area contributed by atoms with Gasteiger partial charge < -0.3 is 5.32 Å². The SMILES string of the molecule is Cc1cc(NC(=O)CCc2c(C)nn(CC(C)C)c2C)n(C2CCS(=O)(=O)C2)n1. The van der Waals surface area contributed by atoms with Crippen molar-refractivity contribution in [2.24, 2.45) is 5.92 Å². The first-order valence-electron chi connectivity index (χ1n) is 10.1. The number of anilines is 1. The van der Waals surface area contributed by atoms with Gasteiger partial charge in [-0.15, -0.1) is 0 Å². The van der Waals surface area contributed by atoms with Crippen molar-refractivity contribution in [3.63, 3.8) is 0 Å². The molecule has 0 aromatic carbocycles. The van der Waals surface area contributed by atoms with E-state index in [0.717, 1.165) is 29.2 Å². The minimum atomic E-state index is -3.02. The lowest BCUT2D eigenvalue weighted by Crippen LogP contribution is -2.20. The van der Waals surface area contributed by atoms with Crippen LogP contribution in [0.1, 0.15) is 55.4 Å². The number of amides is 1. The van der Waals surface area contributed by atoms with Crippen LogP contribution in [0.3, 0.4) is 0 Å². The molecule has 1 aliphatic heterocycles. The summed E-state index contributed by atoms with van der Waals surface area (Å²) in [6.07, 6.45) is 1.48. The van der Waals surface area contributed by atoms with Crippen molar-refractivity contribution < 1.29 is 13.2 Å². The van der Waals surface area contributed by atoms with Crippen molar-refractivity contribution in [3.05, 3.63) is 28.7 Å². The highest BCUT2D eigenvalue weighted by Crippen LogP contribution is 2.27. The molecule has 1 fully saturated rings. The zero-order valence-electron chi connectivity index (χ0n) is 17.9. The molecule has 1 aliphatic rings. The molecule has 1 saturated heterocycles. The monoisotopic (exact) mass is 421 g/mol. The molecule has 1 N–H and O–H groups in total. The molecule has 1 unspecified atom stereocenters. The van der Waals surface area contributed by atoms with Gasteiger partial charge >= 0.3 is 0 Å². The topological polar surface area (TPSA) is 98.9 Å². The largest absolute Gasteiger partial charge is 0.311 e. The summed E-state index contributed by atoms with van der Waals surface area (Å²) in [6.45, 7) is 11.0. The van der Waals surface area contributed by atoms with Crippen molar-refractivity contribution >= 4 is 21.6 Å². The number of carbonyl (C=O) groups excluding carboxylic acids is 1. The maximum atomic E-state index is 12.6. The molecule has 3 rings (SSSR count). The number of nitrogens with one attached hydrogen (secondary N) is 1. The number of aryl methyl sites for hydroxylation is 2. The van der Waals surface area contributed by atoms with Gasteiger partial charge in [-0.05, 0) is 45.1 Å². The van der Waals surface area contributed by atoms with E-state index in [1.807, 2.05) is 18.5 Å². The van der Waals surface area contributed by atoms with Crippen LogP contribution in [0.25, 0.3) is 0 Å². The van der Waals surface area contributed by atoms with E-state index in [4.69, 9.17) is 0 Å². The summed E-state index contributed by atoms with van der Waals surface area (Å²) in [6, 6.07) is 1.57. The van der Waals surface area contributed by atoms with Crippen LogP contribution in [-0.4, -0.2) is 45.4 Å². The summed E-state index contributed by atoms with van der Waals surface area (Å²) >= 11 is 0. The molecule has 1 atom stereocenters. The third-order valence-electron chi connectivity index (χ3n) is 5.35. The lowest BCUT2D eigenvalue weighted by atomic mass is 10.1. The van der Waals surface area contributed by atoms with E-state index in [9.17, 15) is 13.2 Å². The first-order valence-corrected chi connectivity index (χ1v) is 12.0. The Labute approximate surface area is 172 Å². The average molecular weight is 422 g/mol. The van der Waals surface area contributed by atoms with Crippen LogP contribution >= 0.6 is 0 Å². The van der Waals surface area contributed by atoms with Crippen molar-refractivity contribution in [1.82, 2.24) is 19.6 Å². The molecular weight excluding hydrogens is 390 g/mol. The zero-order chi connectivity index (χ0) is 21.3. The molecule has 2 aromatic rings. The maximum absolute atomic E-state index is 12.6. The highest BCUT2D eigenvalue weighted by molar-refractivity contribution is 7.91. The fraction of sp³-hybridized carbons (Fsp3) is 0.650. The second-order valence-corrected chi connectivity index (χ2v) is 10.7. The maximum Gasteiger partial charge on any atom is 0.225 e. The second-order valence-electron chi connectivity index (χ2n) is 8.45. The fourth-order valence-corrected chi connectivity index (χ4v) is 5.61. The smallest absolute Gasteiger partial charge is 0.225 e. The van der Waals surface area contributed by atoms with Gasteiger partial charge in [0, 0.05) is 24.7 Å². The molecule has 9 heteroatoms. The van der Waals surface area contributed by atoms with Gasteiger partial charge in [-0.2, -0.15) is 10.2 Å². The van der Waals surface area contributed by atoms with E-state index >= 15 is 0 Å². The predicted molar refractivity (Wildman–Crippen MR) is 113 cm³/mol. The first kappa shape index (κ1) is 21.5. The second kappa shape index (κ2) is 8.30. The van der Waals surface area contributed by atoms with Crippen molar-refractivity contribution in [3.8, 4) is 0 Å². The van der Waals surface area contributed by atoms with E-state index in [2.05, 4.69) is 36.3 Å². The van der Waals surface area contributed by atoms with E-state index in [1.54, 1.807) is 10.7 Å². The third-order valence-corrected chi connectivity index (χ3v) is 7.10. The molecule has 3 heterocycles. The van der Waals surface area contributed by atoms with Gasteiger partial charge in [0.1, 0.15) is 5.82 Å². The summed E-state index contributed by atoms with van der Waals surface area (Å²) in [4.78, 5) is 12.6. The molecule has 29 heavy (non-hydrogen) atoms. The summed E-state index contributed by atoms with van der Waals surface area (Å²) in [5, 5.41) is 11.9. The Morgan fingerprint density at radius 3 is 2.62 bits per heavy atom. The van der Waals surface area contributed by atoms with Crippen LogP contribution < -0.4 is 5.32 Å². The van der Waals surface area contributed by atoms with E-state index in [-0.39, 0.29) is 23.5 Å². The molecule has 0 bridgehead atoms. The van der Waals surface area contributed by atoms with Gasteiger partial charge in [0.25, 0.3) is 0 Å². The normalized spacial score (nSPS) is 18.5. The lowest BCUT2D eigenvalue weighted by molar-refractivity contribution is -0.116. The molecule has 0 radical (unpaired) electrons. The Hall–Kier alpha value is -2.16. The molecule has 0 spiro atoms. The molecule has 0 saturated carbocycles. The van der Waals surface area contributed by atoms with Crippen LogP contribution in [0, 0.1) is 26.7 Å². The highest BCUT2D eigenvalue weighted by atomic mass is 32.2. The third kappa shape index (κ3) is 5.07. The highest BCUT2D eigenvalue weighted by Gasteiger charge is 2.31. The van der Waals surface area contributed by atoms with Crippen molar-refractivity contribution in [2.75, 3.05) is 16.8 Å². The average Bonchev–Trinajstić information content (AvgIpc) is 3.22. The molecule has 8 nitrogen and oxygen atoms in total. The first-order chi connectivity index (χ1) is 13.6. The van der Waals surface area contributed by atoms with Crippen LogP contribution in [0.2, 0.25) is 0 Å². The predicted octanol–water partition coefficient (Wildman–Crippen LogP) is 2.59. The lowest BCUT2D eigenvalue weighted by Gasteiger charge is -2.14.